The van der Waals surface area contributed by atoms with E-state index >= 15 is 0 Å². The van der Waals surface area contributed by atoms with E-state index < -0.39 is 0 Å². The summed E-state index contributed by atoms with van der Waals surface area (Å²) >= 11 is 13.4. The first-order valence-electron chi connectivity index (χ1n) is 4.51. The lowest BCUT2D eigenvalue weighted by Gasteiger charge is -2.02. The molecule has 1 aromatic carbocycles. The number of hydrazine groups is 1. The third kappa shape index (κ3) is 2.15. The Morgan fingerprint density at radius 3 is 2.69 bits per heavy atom. The Morgan fingerprint density at radius 1 is 1.38 bits per heavy atom. The van der Waals surface area contributed by atoms with Crippen molar-refractivity contribution < 1.29 is 0 Å². The third-order valence-corrected chi connectivity index (χ3v) is 3.77. The second kappa shape index (κ2) is 4.59. The Balaban J connectivity index is 2.53. The molecule has 1 heterocycles. The van der Waals surface area contributed by atoms with Crippen LogP contribution in [0.2, 0.25) is 10.0 Å². The summed E-state index contributed by atoms with van der Waals surface area (Å²) < 4.78 is 0. The van der Waals surface area contributed by atoms with Crippen molar-refractivity contribution >= 4 is 39.7 Å². The van der Waals surface area contributed by atoms with Gasteiger partial charge < -0.3 is 0 Å². The minimum Gasteiger partial charge on any atom is -0.300 e. The van der Waals surface area contributed by atoms with Crippen LogP contribution in [-0.2, 0) is 0 Å². The second-order valence-electron chi connectivity index (χ2n) is 3.20. The zero-order chi connectivity index (χ0) is 11.7. The van der Waals surface area contributed by atoms with Crippen molar-refractivity contribution in [2.24, 2.45) is 5.84 Å². The standard InChI is InChI=1S/C10H9Cl2N3S/c1-5-9(16-10(14-5)15-13)7-3-2-6(11)4-8(7)12/h2-4H,13H2,1H3,(H,14,15). The van der Waals surface area contributed by atoms with Crippen molar-refractivity contribution in [2.45, 2.75) is 6.92 Å². The summed E-state index contributed by atoms with van der Waals surface area (Å²) in [6.07, 6.45) is 0. The van der Waals surface area contributed by atoms with Gasteiger partial charge in [-0.25, -0.2) is 10.8 Å². The molecule has 84 valence electrons. The van der Waals surface area contributed by atoms with Gasteiger partial charge in [0.15, 0.2) is 5.13 Å². The molecule has 1 aromatic heterocycles. The van der Waals surface area contributed by atoms with Crippen LogP contribution in [0.3, 0.4) is 0 Å². The van der Waals surface area contributed by atoms with Gasteiger partial charge >= 0.3 is 0 Å². The highest BCUT2D eigenvalue weighted by Crippen LogP contribution is 2.37. The van der Waals surface area contributed by atoms with E-state index in [1.807, 2.05) is 13.0 Å². The van der Waals surface area contributed by atoms with Crippen molar-refractivity contribution in [3.8, 4) is 10.4 Å². The average molecular weight is 274 g/mol. The van der Waals surface area contributed by atoms with E-state index in [2.05, 4.69) is 10.4 Å². The molecule has 3 N–H and O–H groups in total. The molecule has 6 heteroatoms. The van der Waals surface area contributed by atoms with E-state index in [4.69, 9.17) is 29.0 Å². The van der Waals surface area contributed by atoms with Gasteiger partial charge in [-0.05, 0) is 19.1 Å². The summed E-state index contributed by atoms with van der Waals surface area (Å²) in [5.74, 6) is 5.32. The summed E-state index contributed by atoms with van der Waals surface area (Å²) in [7, 11) is 0. The average Bonchev–Trinajstić information content (AvgIpc) is 2.60. The Bertz CT molecular complexity index is 525. The summed E-state index contributed by atoms with van der Waals surface area (Å²) in [5, 5.41) is 1.90. The number of nitrogens with two attached hydrogens (primary N) is 1. The Hall–Kier alpha value is -0.810. The number of anilines is 1. The molecule has 0 bridgehead atoms. The van der Waals surface area contributed by atoms with E-state index in [0.29, 0.717) is 15.2 Å². The van der Waals surface area contributed by atoms with Gasteiger partial charge in [0.25, 0.3) is 0 Å². The number of hydrogen-bond donors (Lipinski definition) is 2. The molecular weight excluding hydrogens is 265 g/mol. The van der Waals surface area contributed by atoms with E-state index in [1.165, 1.54) is 11.3 Å². The lowest BCUT2D eigenvalue weighted by Crippen LogP contribution is -2.05. The normalized spacial score (nSPS) is 10.5. The minimum atomic E-state index is 0.614. The van der Waals surface area contributed by atoms with E-state index in [-0.39, 0.29) is 0 Å². The summed E-state index contributed by atoms with van der Waals surface area (Å²) in [5.41, 5.74) is 4.34. The van der Waals surface area contributed by atoms with Crippen LogP contribution in [-0.4, -0.2) is 4.98 Å². The number of halogens is 2. The number of nitrogens with one attached hydrogen (secondary N) is 1. The van der Waals surface area contributed by atoms with Gasteiger partial charge in [-0.1, -0.05) is 40.6 Å². The fourth-order valence-electron chi connectivity index (χ4n) is 1.38. The van der Waals surface area contributed by atoms with Crippen molar-refractivity contribution in [1.82, 2.24) is 4.98 Å². The van der Waals surface area contributed by atoms with Crippen molar-refractivity contribution in [2.75, 3.05) is 5.43 Å². The van der Waals surface area contributed by atoms with Gasteiger partial charge in [-0.2, -0.15) is 0 Å². The highest BCUT2D eigenvalue weighted by Gasteiger charge is 2.12. The summed E-state index contributed by atoms with van der Waals surface area (Å²) in [4.78, 5) is 5.25. The smallest absolute Gasteiger partial charge is 0.197 e. The fraction of sp³-hybridized carbons (Fsp3) is 0.100. The van der Waals surface area contributed by atoms with E-state index in [9.17, 15) is 0 Å². The van der Waals surface area contributed by atoms with Crippen molar-refractivity contribution in [1.29, 1.82) is 0 Å². The first kappa shape index (κ1) is 11.7. The number of thiazole rings is 1. The quantitative estimate of drug-likeness (QED) is 0.648. The molecule has 0 radical (unpaired) electrons. The summed E-state index contributed by atoms with van der Waals surface area (Å²) in [6.45, 7) is 1.91. The van der Waals surface area contributed by atoms with Crippen LogP contribution in [0.15, 0.2) is 18.2 Å². The van der Waals surface area contributed by atoms with Crippen molar-refractivity contribution in [3.05, 3.63) is 33.9 Å². The van der Waals surface area contributed by atoms with Crippen LogP contribution in [0.25, 0.3) is 10.4 Å². The number of nitrogens with zero attached hydrogens (tertiary/aromatic N) is 1. The molecule has 0 spiro atoms. The predicted octanol–water partition coefficient (Wildman–Crippen LogP) is 3.71. The maximum absolute atomic E-state index is 6.13. The van der Waals surface area contributed by atoms with Gasteiger partial charge in [0, 0.05) is 10.6 Å². The van der Waals surface area contributed by atoms with Crippen molar-refractivity contribution in [3.63, 3.8) is 0 Å². The van der Waals surface area contributed by atoms with Gasteiger partial charge in [-0.3, -0.25) is 5.43 Å². The van der Waals surface area contributed by atoms with Crippen LogP contribution < -0.4 is 11.3 Å². The first-order chi connectivity index (χ1) is 7.61. The lowest BCUT2D eigenvalue weighted by molar-refractivity contribution is 1.22. The predicted molar refractivity (Wildman–Crippen MR) is 70.1 cm³/mol. The molecule has 2 rings (SSSR count). The number of aromatic nitrogens is 1. The van der Waals surface area contributed by atoms with Crippen LogP contribution in [0.5, 0.6) is 0 Å². The molecule has 0 aliphatic carbocycles. The van der Waals surface area contributed by atoms with Gasteiger partial charge in [-0.15, -0.1) is 0 Å². The number of aryl methyl sites for hydroxylation is 1. The number of hydrogen-bond acceptors (Lipinski definition) is 4. The molecule has 0 fully saturated rings. The lowest BCUT2D eigenvalue weighted by atomic mass is 10.1. The summed E-state index contributed by atoms with van der Waals surface area (Å²) in [6, 6.07) is 5.40. The minimum absolute atomic E-state index is 0.614. The maximum atomic E-state index is 6.13. The Kier molecular flexibility index (Phi) is 3.35. The number of rotatable bonds is 2. The van der Waals surface area contributed by atoms with Crippen LogP contribution in [0.1, 0.15) is 5.69 Å². The monoisotopic (exact) mass is 273 g/mol. The van der Waals surface area contributed by atoms with E-state index in [0.717, 1.165) is 16.1 Å². The fourth-order valence-corrected chi connectivity index (χ4v) is 2.86. The molecule has 0 aliphatic rings. The highest BCUT2D eigenvalue weighted by molar-refractivity contribution is 7.19. The Morgan fingerprint density at radius 2 is 2.12 bits per heavy atom. The van der Waals surface area contributed by atoms with E-state index in [1.54, 1.807) is 12.1 Å². The largest absolute Gasteiger partial charge is 0.300 e. The van der Waals surface area contributed by atoms with Crippen LogP contribution in [0.4, 0.5) is 5.13 Å². The second-order valence-corrected chi connectivity index (χ2v) is 5.04. The molecule has 0 aliphatic heterocycles. The SMILES string of the molecule is Cc1nc(NN)sc1-c1ccc(Cl)cc1Cl. The zero-order valence-electron chi connectivity index (χ0n) is 8.42. The maximum Gasteiger partial charge on any atom is 0.197 e. The molecule has 2 aromatic rings. The van der Waals surface area contributed by atoms with Crippen LogP contribution >= 0.6 is 34.5 Å². The molecule has 3 nitrogen and oxygen atoms in total. The van der Waals surface area contributed by atoms with Gasteiger partial charge in [0.1, 0.15) is 0 Å². The Labute approximate surface area is 107 Å². The van der Waals surface area contributed by atoms with Gasteiger partial charge in [0.2, 0.25) is 0 Å². The zero-order valence-corrected chi connectivity index (χ0v) is 10.7. The molecule has 16 heavy (non-hydrogen) atoms. The topological polar surface area (TPSA) is 50.9 Å². The first-order valence-corrected chi connectivity index (χ1v) is 6.08. The molecular formula is C10H9Cl2N3S. The molecule has 0 amide bonds. The highest BCUT2D eigenvalue weighted by atomic mass is 35.5. The third-order valence-electron chi connectivity index (χ3n) is 2.10. The van der Waals surface area contributed by atoms with Gasteiger partial charge in [0.05, 0.1) is 15.6 Å². The number of nitrogen functional groups attached to an aromatic ring is 1. The molecule has 0 saturated heterocycles. The van der Waals surface area contributed by atoms with Crippen LogP contribution in [0, 0.1) is 6.92 Å². The number of benzene rings is 1. The molecule has 0 atom stereocenters. The molecule has 0 unspecified atom stereocenters. The molecule has 0 saturated carbocycles.